The van der Waals surface area contributed by atoms with Crippen LogP contribution in [0.3, 0.4) is 0 Å². The molecule has 1 aliphatic carbocycles. The van der Waals surface area contributed by atoms with Gasteiger partial charge in [-0.05, 0) is 74.9 Å². The molecule has 0 aromatic heterocycles. The molecule has 4 atom stereocenters. The first-order valence-corrected chi connectivity index (χ1v) is 14.5. The maximum atomic E-state index is 15.1. The van der Waals surface area contributed by atoms with Crippen LogP contribution in [-0.2, 0) is 21.7 Å². The second kappa shape index (κ2) is 11.7. The van der Waals surface area contributed by atoms with Crippen molar-refractivity contribution in [1.82, 2.24) is 9.62 Å². The van der Waals surface area contributed by atoms with Gasteiger partial charge in [0.2, 0.25) is 5.91 Å². The Morgan fingerprint density at radius 1 is 1.20 bits per heavy atom. The van der Waals surface area contributed by atoms with E-state index in [2.05, 4.69) is 16.1 Å². The minimum atomic E-state index is -1.56. The summed E-state index contributed by atoms with van der Waals surface area (Å²) in [4.78, 5) is 25.5. The summed E-state index contributed by atoms with van der Waals surface area (Å²) in [6.07, 6.45) is 1.05. The molecular formula is C29H35FN4O5S. The van der Waals surface area contributed by atoms with Crippen molar-refractivity contribution < 1.29 is 28.7 Å². The Morgan fingerprint density at radius 3 is 2.52 bits per heavy atom. The first-order chi connectivity index (χ1) is 18.8. The Hall–Kier alpha value is -3.17. The molecular weight excluding hydrogens is 535 g/mol. The fourth-order valence-electron chi connectivity index (χ4n) is 4.99. The van der Waals surface area contributed by atoms with Crippen molar-refractivity contribution in [1.29, 1.82) is 5.26 Å². The Kier molecular flexibility index (Phi) is 8.75. The largest absolute Gasteiger partial charge is 0.598 e. The summed E-state index contributed by atoms with van der Waals surface area (Å²) in [5.41, 5.74) is 0.395. The van der Waals surface area contributed by atoms with Gasteiger partial charge >= 0.3 is 6.09 Å². The molecule has 1 saturated carbocycles. The van der Waals surface area contributed by atoms with E-state index >= 15 is 4.39 Å². The zero-order chi connectivity index (χ0) is 29.2. The lowest BCUT2D eigenvalue weighted by atomic mass is 9.79. The van der Waals surface area contributed by atoms with Crippen LogP contribution in [0.4, 0.5) is 14.9 Å². The Morgan fingerprint density at radius 2 is 1.90 bits per heavy atom. The molecule has 1 saturated heterocycles. The summed E-state index contributed by atoms with van der Waals surface area (Å²) in [6.45, 7) is 5.31. The number of hydrogen-bond acceptors (Lipinski definition) is 6. The topological polar surface area (TPSA) is 149 Å². The number of nitriles is 1. The van der Waals surface area contributed by atoms with Gasteiger partial charge in [-0.1, -0.05) is 31.0 Å². The van der Waals surface area contributed by atoms with E-state index < -0.39 is 51.6 Å². The highest BCUT2D eigenvalue weighted by atomic mass is 32.2. The van der Waals surface area contributed by atoms with E-state index in [-0.39, 0.29) is 18.7 Å². The van der Waals surface area contributed by atoms with Crippen molar-refractivity contribution in [3.05, 3.63) is 65.0 Å². The first-order valence-electron chi connectivity index (χ1n) is 13.3. The lowest BCUT2D eigenvalue weighted by Gasteiger charge is -2.39. The number of amides is 2. The van der Waals surface area contributed by atoms with Gasteiger partial charge in [0.05, 0.1) is 30.0 Å². The molecule has 9 nitrogen and oxygen atoms in total. The highest BCUT2D eigenvalue weighted by Crippen LogP contribution is 2.43. The average molecular weight is 571 g/mol. The Labute approximate surface area is 236 Å². The van der Waals surface area contributed by atoms with E-state index in [1.54, 1.807) is 24.3 Å². The zero-order valence-corrected chi connectivity index (χ0v) is 23.6. The number of carboxylic acid groups (broad SMARTS) is 1. The monoisotopic (exact) mass is 570 g/mol. The van der Waals surface area contributed by atoms with Crippen LogP contribution < -0.4 is 10.0 Å². The number of aliphatic hydroxyl groups is 1. The molecule has 2 aromatic carbocycles. The van der Waals surface area contributed by atoms with E-state index in [0.717, 1.165) is 24.2 Å². The maximum Gasteiger partial charge on any atom is 0.408 e. The fraction of sp³-hybridized carbons (Fsp3) is 0.483. The molecule has 1 heterocycles. The number of benzene rings is 2. The van der Waals surface area contributed by atoms with Crippen LogP contribution in [0, 0.1) is 23.1 Å². The number of halogens is 1. The number of nitrogens with one attached hydrogen (secondary N) is 2. The molecule has 1 aliphatic heterocycles. The molecule has 40 heavy (non-hydrogen) atoms. The van der Waals surface area contributed by atoms with Gasteiger partial charge in [0.25, 0.3) is 0 Å². The molecule has 4 N–H and O–H groups in total. The van der Waals surface area contributed by atoms with Gasteiger partial charge in [-0.3, -0.25) is 9.69 Å². The number of aliphatic hydroxyl groups excluding tert-OH is 1. The minimum absolute atomic E-state index is 0.0994. The van der Waals surface area contributed by atoms with Crippen molar-refractivity contribution in [2.75, 3.05) is 11.9 Å². The van der Waals surface area contributed by atoms with Crippen molar-refractivity contribution in [3.8, 4) is 6.07 Å². The second-order valence-electron chi connectivity index (χ2n) is 11.6. The number of nitrogens with zero attached hydrogens (tertiary/aromatic N) is 2. The maximum absolute atomic E-state index is 15.1. The van der Waals surface area contributed by atoms with Crippen molar-refractivity contribution in [2.45, 2.75) is 75.3 Å². The third-order valence-corrected chi connectivity index (χ3v) is 9.12. The number of carbonyl (C=O) groups is 2. The van der Waals surface area contributed by atoms with E-state index in [1.807, 2.05) is 26.8 Å². The first kappa shape index (κ1) is 29.8. The van der Waals surface area contributed by atoms with Crippen LogP contribution in [0.2, 0.25) is 0 Å². The number of β-amino-alcohol motifs (C(OH)–C–C–N with tert-alkyl or cyclic N) is 1. The molecule has 2 aromatic rings. The quantitative estimate of drug-likeness (QED) is 0.330. The van der Waals surface area contributed by atoms with Crippen molar-refractivity contribution in [3.63, 3.8) is 0 Å². The SMILES string of the molecule is CC(C)(C)[S+]([O-])NC(CCC1CC1)(c1cccc(C#N)c1)c1ccc(F)c(NC(=O)C2CC(O)CN2C(=O)O)c1. The zero-order valence-electron chi connectivity index (χ0n) is 22.8. The van der Waals surface area contributed by atoms with Gasteiger partial charge in [0, 0.05) is 17.8 Å². The predicted octanol–water partition coefficient (Wildman–Crippen LogP) is 4.23. The van der Waals surface area contributed by atoms with Crippen LogP contribution in [0.25, 0.3) is 0 Å². The molecule has 214 valence electrons. The highest BCUT2D eigenvalue weighted by molar-refractivity contribution is 7.90. The summed E-state index contributed by atoms with van der Waals surface area (Å²) in [5.74, 6) is -0.966. The van der Waals surface area contributed by atoms with E-state index in [4.69, 9.17) is 0 Å². The molecule has 4 unspecified atom stereocenters. The van der Waals surface area contributed by atoms with E-state index in [0.29, 0.717) is 29.0 Å². The van der Waals surface area contributed by atoms with Crippen LogP contribution in [0.15, 0.2) is 42.5 Å². The van der Waals surface area contributed by atoms with Gasteiger partial charge in [-0.25, -0.2) is 9.18 Å². The Bertz CT molecular complexity index is 1310. The van der Waals surface area contributed by atoms with Crippen molar-refractivity contribution in [2.24, 2.45) is 5.92 Å². The number of rotatable bonds is 9. The fourth-order valence-corrected chi connectivity index (χ4v) is 5.95. The van der Waals surface area contributed by atoms with E-state index in [9.17, 15) is 29.6 Å². The van der Waals surface area contributed by atoms with Gasteiger partial charge in [0.15, 0.2) is 0 Å². The molecule has 2 fully saturated rings. The number of anilines is 1. The average Bonchev–Trinajstić information content (AvgIpc) is 3.65. The van der Waals surface area contributed by atoms with Crippen LogP contribution in [0.1, 0.15) is 69.6 Å². The number of likely N-dealkylation sites (tertiary alicyclic amines) is 1. The highest BCUT2D eigenvalue weighted by Gasteiger charge is 2.44. The van der Waals surface area contributed by atoms with Crippen molar-refractivity contribution >= 4 is 29.0 Å². The lowest BCUT2D eigenvalue weighted by Crippen LogP contribution is -2.52. The second-order valence-corrected chi connectivity index (χ2v) is 13.6. The summed E-state index contributed by atoms with van der Waals surface area (Å²) >= 11 is -1.56. The van der Waals surface area contributed by atoms with Crippen LogP contribution >= 0.6 is 0 Å². The van der Waals surface area contributed by atoms with Gasteiger partial charge in [0.1, 0.15) is 22.1 Å². The molecule has 0 spiro atoms. The summed E-state index contributed by atoms with van der Waals surface area (Å²) in [5, 5.41) is 31.5. The molecule has 4 rings (SSSR count). The molecule has 2 amide bonds. The molecule has 0 bridgehead atoms. The van der Waals surface area contributed by atoms with E-state index in [1.165, 1.54) is 12.1 Å². The van der Waals surface area contributed by atoms with Gasteiger partial charge in [-0.2, -0.15) is 5.26 Å². The molecule has 0 radical (unpaired) electrons. The smallest absolute Gasteiger partial charge is 0.408 e. The van der Waals surface area contributed by atoms with Crippen LogP contribution in [-0.4, -0.2) is 55.1 Å². The Balaban J connectivity index is 1.79. The number of carbonyl (C=O) groups excluding carboxylic acids is 1. The number of hydrogen-bond donors (Lipinski definition) is 4. The summed E-state index contributed by atoms with van der Waals surface area (Å²) < 4.78 is 31.4. The lowest BCUT2D eigenvalue weighted by molar-refractivity contribution is -0.120. The summed E-state index contributed by atoms with van der Waals surface area (Å²) in [6, 6.07) is 12.2. The molecule has 2 aliphatic rings. The standard InChI is InChI=1S/C29H35FN4O5S/c1-28(2,3)40(39)33-29(12-11-18-7-8-18,20-6-4-5-19(13-20)16-31)21-9-10-23(30)24(14-21)32-26(36)25-15-22(35)17-34(25)27(37)38/h4-6,9-10,13-14,18,22,25,33,35H,7-8,11-12,15,17H2,1-3H3,(H,32,36)(H,37,38). The minimum Gasteiger partial charge on any atom is -0.598 e. The van der Waals surface area contributed by atoms with Gasteiger partial charge in [-0.15, -0.1) is 4.72 Å². The normalized spacial score (nSPS) is 21.4. The summed E-state index contributed by atoms with van der Waals surface area (Å²) in [7, 11) is 0. The van der Waals surface area contributed by atoms with Crippen LogP contribution in [0.5, 0.6) is 0 Å². The molecule has 11 heteroatoms. The van der Waals surface area contributed by atoms with Gasteiger partial charge < -0.3 is 20.1 Å². The third kappa shape index (κ3) is 6.58. The predicted molar refractivity (Wildman–Crippen MR) is 149 cm³/mol. The third-order valence-electron chi connectivity index (χ3n) is 7.48.